The molecule has 1 amide bonds. The first-order valence-electron chi connectivity index (χ1n) is 7.10. The minimum absolute atomic E-state index is 0.0991. The van der Waals surface area contributed by atoms with Gasteiger partial charge in [0.2, 0.25) is 5.91 Å². The third kappa shape index (κ3) is 3.83. The molecular weight excluding hydrogens is 254 g/mol. The van der Waals surface area contributed by atoms with Gasteiger partial charge in [-0.1, -0.05) is 24.3 Å². The Hall–Kier alpha value is -1.84. The van der Waals surface area contributed by atoms with E-state index in [4.69, 9.17) is 5.11 Å². The fraction of sp³-hybridized carbons (Fsp3) is 0.500. The molecule has 1 saturated heterocycles. The topological polar surface area (TPSA) is 57.6 Å². The second kappa shape index (κ2) is 6.55. The van der Waals surface area contributed by atoms with Crippen LogP contribution in [0.15, 0.2) is 24.3 Å². The summed E-state index contributed by atoms with van der Waals surface area (Å²) in [4.78, 5) is 24.9. The summed E-state index contributed by atoms with van der Waals surface area (Å²) in [5.74, 6) is -0.570. The average molecular weight is 275 g/mol. The van der Waals surface area contributed by atoms with Crippen molar-refractivity contribution in [3.05, 3.63) is 35.4 Å². The fourth-order valence-corrected chi connectivity index (χ4v) is 2.79. The molecule has 108 valence electrons. The quantitative estimate of drug-likeness (QED) is 0.917. The first kappa shape index (κ1) is 14.6. The molecule has 0 aliphatic carbocycles. The number of benzene rings is 1. The van der Waals surface area contributed by atoms with Crippen molar-refractivity contribution in [2.24, 2.45) is 5.92 Å². The zero-order valence-electron chi connectivity index (χ0n) is 11.8. The summed E-state index contributed by atoms with van der Waals surface area (Å²) in [6.07, 6.45) is 2.37. The lowest BCUT2D eigenvalue weighted by molar-refractivity contribution is -0.140. The highest BCUT2D eigenvalue weighted by Crippen LogP contribution is 2.20. The number of amides is 1. The van der Waals surface area contributed by atoms with E-state index >= 15 is 0 Å². The van der Waals surface area contributed by atoms with Gasteiger partial charge in [0.1, 0.15) is 0 Å². The first-order valence-corrected chi connectivity index (χ1v) is 7.10. The highest BCUT2D eigenvalue weighted by atomic mass is 16.4. The number of carbonyl (C=O) groups excluding carboxylic acids is 1. The Morgan fingerprint density at radius 1 is 1.35 bits per heavy atom. The molecule has 1 aromatic rings. The van der Waals surface area contributed by atoms with Crippen molar-refractivity contribution in [3.8, 4) is 0 Å². The predicted octanol–water partition coefficient (Wildman–Crippen LogP) is 2.25. The normalized spacial score (nSPS) is 18.9. The summed E-state index contributed by atoms with van der Waals surface area (Å²) in [7, 11) is 0. The second-order valence-corrected chi connectivity index (χ2v) is 5.55. The zero-order valence-corrected chi connectivity index (χ0v) is 11.8. The van der Waals surface area contributed by atoms with E-state index in [0.29, 0.717) is 13.0 Å². The van der Waals surface area contributed by atoms with Crippen molar-refractivity contribution in [1.29, 1.82) is 0 Å². The Labute approximate surface area is 119 Å². The van der Waals surface area contributed by atoms with Crippen molar-refractivity contribution in [2.45, 2.75) is 32.6 Å². The van der Waals surface area contributed by atoms with Gasteiger partial charge < -0.3 is 10.0 Å². The Balaban J connectivity index is 1.95. The number of piperidine rings is 1. The third-order valence-corrected chi connectivity index (χ3v) is 3.94. The van der Waals surface area contributed by atoms with E-state index in [-0.39, 0.29) is 18.2 Å². The number of carboxylic acid groups (broad SMARTS) is 1. The standard InChI is InChI=1S/C16H21NO3/c1-12-5-2-3-7-14(12)10-15(18)17-8-4-6-13(11-17)9-16(19)20/h2-3,5,7,13H,4,6,8-11H2,1H3,(H,19,20). The lowest BCUT2D eigenvalue weighted by Gasteiger charge is -2.32. The zero-order chi connectivity index (χ0) is 14.5. The molecule has 2 rings (SSSR count). The van der Waals surface area contributed by atoms with Crippen LogP contribution in [0.1, 0.15) is 30.4 Å². The predicted molar refractivity (Wildman–Crippen MR) is 76.4 cm³/mol. The van der Waals surface area contributed by atoms with Gasteiger partial charge in [0.25, 0.3) is 0 Å². The largest absolute Gasteiger partial charge is 0.481 e. The SMILES string of the molecule is Cc1ccccc1CC(=O)N1CCCC(CC(=O)O)C1. The Bertz CT molecular complexity index is 498. The maximum Gasteiger partial charge on any atom is 0.303 e. The van der Waals surface area contributed by atoms with Gasteiger partial charge in [-0.15, -0.1) is 0 Å². The minimum atomic E-state index is -0.775. The molecule has 1 aromatic carbocycles. The second-order valence-electron chi connectivity index (χ2n) is 5.55. The molecule has 4 nitrogen and oxygen atoms in total. The maximum absolute atomic E-state index is 12.3. The number of hydrogen-bond acceptors (Lipinski definition) is 2. The van der Waals surface area contributed by atoms with E-state index in [0.717, 1.165) is 30.5 Å². The summed E-state index contributed by atoms with van der Waals surface area (Å²) in [5.41, 5.74) is 2.18. The molecule has 1 N–H and O–H groups in total. The molecule has 1 atom stereocenters. The van der Waals surface area contributed by atoms with Crippen molar-refractivity contribution in [1.82, 2.24) is 4.90 Å². The van der Waals surface area contributed by atoms with Gasteiger partial charge in [-0.05, 0) is 36.8 Å². The molecule has 20 heavy (non-hydrogen) atoms. The molecule has 1 heterocycles. The lowest BCUT2D eigenvalue weighted by Crippen LogP contribution is -2.41. The van der Waals surface area contributed by atoms with Gasteiger partial charge in [-0.2, -0.15) is 0 Å². The highest BCUT2D eigenvalue weighted by Gasteiger charge is 2.25. The Morgan fingerprint density at radius 2 is 2.10 bits per heavy atom. The van der Waals surface area contributed by atoms with Crippen LogP contribution >= 0.6 is 0 Å². The maximum atomic E-state index is 12.3. The first-order chi connectivity index (χ1) is 9.56. The number of aliphatic carboxylic acids is 1. The van der Waals surface area contributed by atoms with Crippen molar-refractivity contribution in [2.75, 3.05) is 13.1 Å². The van der Waals surface area contributed by atoms with Crippen molar-refractivity contribution < 1.29 is 14.7 Å². The van der Waals surface area contributed by atoms with Gasteiger partial charge in [-0.3, -0.25) is 9.59 Å². The summed E-state index contributed by atoms with van der Waals surface area (Å²) in [6.45, 7) is 3.34. The summed E-state index contributed by atoms with van der Waals surface area (Å²) < 4.78 is 0. The molecule has 4 heteroatoms. The highest BCUT2D eigenvalue weighted by molar-refractivity contribution is 5.79. The van der Waals surface area contributed by atoms with Crippen molar-refractivity contribution >= 4 is 11.9 Å². The van der Waals surface area contributed by atoms with Crippen LogP contribution in [0.3, 0.4) is 0 Å². The number of likely N-dealkylation sites (tertiary alicyclic amines) is 1. The molecule has 0 saturated carbocycles. The van der Waals surface area contributed by atoms with Crippen molar-refractivity contribution in [3.63, 3.8) is 0 Å². The van der Waals surface area contributed by atoms with Gasteiger partial charge in [0.15, 0.2) is 0 Å². The lowest BCUT2D eigenvalue weighted by atomic mass is 9.94. The van der Waals surface area contributed by atoms with Crippen LogP contribution in [0.25, 0.3) is 0 Å². The average Bonchev–Trinajstić information content (AvgIpc) is 2.41. The van der Waals surface area contributed by atoms with E-state index in [2.05, 4.69) is 0 Å². The summed E-state index contributed by atoms with van der Waals surface area (Å²) >= 11 is 0. The molecule has 1 aliphatic rings. The van der Waals surface area contributed by atoms with E-state index in [1.54, 1.807) is 0 Å². The molecule has 0 spiro atoms. The van der Waals surface area contributed by atoms with E-state index in [9.17, 15) is 9.59 Å². The number of aryl methyl sites for hydroxylation is 1. The molecule has 0 radical (unpaired) electrons. The van der Waals surface area contributed by atoms with Gasteiger partial charge >= 0.3 is 5.97 Å². The van der Waals surface area contributed by atoms with Crippen LogP contribution < -0.4 is 0 Å². The van der Waals surface area contributed by atoms with E-state index in [1.165, 1.54) is 0 Å². The van der Waals surface area contributed by atoms with Crippen LogP contribution in [-0.2, 0) is 16.0 Å². The van der Waals surface area contributed by atoms with Crippen LogP contribution in [0, 0.1) is 12.8 Å². The Kier molecular flexibility index (Phi) is 4.77. The molecule has 1 unspecified atom stereocenters. The number of carbonyl (C=O) groups is 2. The molecule has 1 fully saturated rings. The monoisotopic (exact) mass is 275 g/mol. The number of hydrogen-bond donors (Lipinski definition) is 1. The number of rotatable bonds is 4. The third-order valence-electron chi connectivity index (χ3n) is 3.94. The van der Waals surface area contributed by atoms with E-state index in [1.807, 2.05) is 36.1 Å². The molecular formula is C16H21NO3. The molecule has 0 aromatic heterocycles. The Morgan fingerprint density at radius 3 is 2.80 bits per heavy atom. The molecule has 0 bridgehead atoms. The fourth-order valence-electron chi connectivity index (χ4n) is 2.79. The number of carboxylic acids is 1. The summed E-state index contributed by atoms with van der Waals surface area (Å²) in [5, 5.41) is 8.86. The van der Waals surface area contributed by atoms with Gasteiger partial charge in [0, 0.05) is 19.5 Å². The van der Waals surface area contributed by atoms with Gasteiger partial charge in [0.05, 0.1) is 6.42 Å². The smallest absolute Gasteiger partial charge is 0.303 e. The van der Waals surface area contributed by atoms with Crippen LogP contribution in [0.5, 0.6) is 0 Å². The van der Waals surface area contributed by atoms with Crippen LogP contribution in [0.4, 0.5) is 0 Å². The van der Waals surface area contributed by atoms with Gasteiger partial charge in [-0.25, -0.2) is 0 Å². The number of nitrogens with zero attached hydrogens (tertiary/aromatic N) is 1. The minimum Gasteiger partial charge on any atom is -0.481 e. The van der Waals surface area contributed by atoms with E-state index < -0.39 is 5.97 Å². The summed E-state index contributed by atoms with van der Waals surface area (Å²) in [6, 6.07) is 7.89. The van der Waals surface area contributed by atoms with Crippen LogP contribution in [0.2, 0.25) is 0 Å². The van der Waals surface area contributed by atoms with Crippen LogP contribution in [-0.4, -0.2) is 35.0 Å². The molecule has 1 aliphatic heterocycles.